The van der Waals surface area contributed by atoms with Gasteiger partial charge in [0, 0.05) is 43.2 Å². The molecule has 11 aromatic rings. The van der Waals surface area contributed by atoms with Crippen molar-refractivity contribution in [2.45, 2.75) is 0 Å². The quantitative estimate of drug-likeness (QED) is 0.170. The molecule has 0 unspecified atom stereocenters. The molecule has 8 aromatic carbocycles. The Hall–Kier alpha value is -7.14. The molecule has 0 aliphatic rings. The SMILES string of the molecule is c1ccc(-c2cc(-c3ccccc3)c3sc4c(-c5cccc(-c6cccc(-n7c8ccccc8c8ccccc87)c6)c5)nc(-c5ccccc5)nc4c3c2)cc1. The van der Waals surface area contributed by atoms with Crippen molar-refractivity contribution in [3.05, 3.63) is 200 Å². The molecule has 0 saturated heterocycles. The van der Waals surface area contributed by atoms with Gasteiger partial charge in [-0.2, -0.15) is 0 Å². The largest absolute Gasteiger partial charge is 0.309 e. The maximum atomic E-state index is 5.38. The van der Waals surface area contributed by atoms with E-state index in [4.69, 9.17) is 9.97 Å². The second-order valence-electron chi connectivity index (χ2n) is 14.2. The van der Waals surface area contributed by atoms with E-state index in [9.17, 15) is 0 Å². The summed E-state index contributed by atoms with van der Waals surface area (Å²) in [6, 6.07) is 71.4. The third-order valence-corrected chi connectivity index (χ3v) is 12.0. The van der Waals surface area contributed by atoms with Gasteiger partial charge in [0.25, 0.3) is 0 Å². The summed E-state index contributed by atoms with van der Waals surface area (Å²) in [5, 5.41) is 3.65. The Bertz CT molecular complexity index is 3180. The van der Waals surface area contributed by atoms with Gasteiger partial charge in [0.2, 0.25) is 0 Å². The monoisotopic (exact) mass is 731 g/mol. The zero-order valence-electron chi connectivity index (χ0n) is 30.3. The zero-order chi connectivity index (χ0) is 37.0. The molecule has 3 aromatic heterocycles. The van der Waals surface area contributed by atoms with Crippen molar-refractivity contribution in [3.8, 4) is 61.7 Å². The van der Waals surface area contributed by atoms with E-state index in [1.165, 1.54) is 48.8 Å². The fourth-order valence-corrected chi connectivity index (χ4v) is 9.43. The van der Waals surface area contributed by atoms with Gasteiger partial charge < -0.3 is 4.57 Å². The van der Waals surface area contributed by atoms with Gasteiger partial charge in [-0.15, -0.1) is 11.3 Å². The Kier molecular flexibility index (Phi) is 7.68. The van der Waals surface area contributed by atoms with Crippen molar-refractivity contribution in [3.63, 3.8) is 0 Å². The lowest BCUT2D eigenvalue weighted by Gasteiger charge is -2.12. The first-order valence-corrected chi connectivity index (χ1v) is 19.7. The molecule has 262 valence electrons. The first-order valence-electron chi connectivity index (χ1n) is 18.9. The Morgan fingerprint density at radius 3 is 1.61 bits per heavy atom. The van der Waals surface area contributed by atoms with Crippen LogP contribution in [0.1, 0.15) is 0 Å². The fraction of sp³-hybridized carbons (Fsp3) is 0. The van der Waals surface area contributed by atoms with Crippen LogP contribution >= 0.6 is 11.3 Å². The Morgan fingerprint density at radius 2 is 0.911 bits per heavy atom. The summed E-state index contributed by atoms with van der Waals surface area (Å²) in [5.74, 6) is 0.720. The molecular formula is C52H33N3S. The summed E-state index contributed by atoms with van der Waals surface area (Å²) in [4.78, 5) is 10.7. The summed E-state index contributed by atoms with van der Waals surface area (Å²) in [6.07, 6.45) is 0. The predicted octanol–water partition coefficient (Wildman–Crippen LogP) is 14.3. The van der Waals surface area contributed by atoms with Crippen molar-refractivity contribution in [1.82, 2.24) is 14.5 Å². The highest BCUT2D eigenvalue weighted by Gasteiger charge is 2.21. The molecule has 4 heteroatoms. The van der Waals surface area contributed by atoms with Gasteiger partial charge in [-0.05, 0) is 70.3 Å². The van der Waals surface area contributed by atoms with Gasteiger partial charge in [-0.3, -0.25) is 0 Å². The van der Waals surface area contributed by atoms with Crippen molar-refractivity contribution in [2.24, 2.45) is 0 Å². The van der Waals surface area contributed by atoms with Gasteiger partial charge in [-0.1, -0.05) is 158 Å². The van der Waals surface area contributed by atoms with E-state index < -0.39 is 0 Å². The minimum atomic E-state index is 0.720. The van der Waals surface area contributed by atoms with E-state index in [1.54, 1.807) is 11.3 Å². The lowest BCUT2D eigenvalue weighted by atomic mass is 9.96. The number of hydrogen-bond acceptors (Lipinski definition) is 3. The number of aromatic nitrogens is 3. The van der Waals surface area contributed by atoms with Gasteiger partial charge in [-0.25, -0.2) is 9.97 Å². The Morgan fingerprint density at radius 1 is 0.357 bits per heavy atom. The highest BCUT2D eigenvalue weighted by molar-refractivity contribution is 7.26. The van der Waals surface area contributed by atoms with Crippen LogP contribution in [0.5, 0.6) is 0 Å². The standard InChI is InChI=1S/C52H33N3S/c1-4-16-34(17-5-1)40-32-44(35-18-6-2-7-19-35)50-45(33-40)49-51(56-50)48(53-52(54-49)36-20-8-3-9-21-36)39-24-14-22-37(30-39)38-23-15-25-41(31-38)55-46-28-12-10-26-42(46)43-27-11-13-29-47(43)55/h1-33H. The van der Waals surface area contributed by atoms with Crippen LogP contribution in [-0.2, 0) is 0 Å². The summed E-state index contributed by atoms with van der Waals surface area (Å²) in [6.45, 7) is 0. The molecule has 0 aliphatic carbocycles. The van der Waals surface area contributed by atoms with Crippen LogP contribution < -0.4 is 0 Å². The van der Waals surface area contributed by atoms with Gasteiger partial charge >= 0.3 is 0 Å². The minimum Gasteiger partial charge on any atom is -0.309 e. The molecule has 11 rings (SSSR count). The average Bonchev–Trinajstić information content (AvgIpc) is 3.83. The van der Waals surface area contributed by atoms with Crippen LogP contribution in [0.2, 0.25) is 0 Å². The molecule has 56 heavy (non-hydrogen) atoms. The molecule has 0 N–H and O–H groups in total. The highest BCUT2D eigenvalue weighted by atomic mass is 32.1. The van der Waals surface area contributed by atoms with E-state index >= 15 is 0 Å². The van der Waals surface area contributed by atoms with Crippen molar-refractivity contribution in [1.29, 1.82) is 0 Å². The molecule has 0 radical (unpaired) electrons. The first kappa shape index (κ1) is 32.3. The van der Waals surface area contributed by atoms with Crippen LogP contribution in [-0.4, -0.2) is 14.5 Å². The van der Waals surface area contributed by atoms with Gasteiger partial charge in [0.15, 0.2) is 5.82 Å². The van der Waals surface area contributed by atoms with Crippen LogP contribution in [0.25, 0.3) is 104 Å². The number of para-hydroxylation sites is 2. The molecule has 0 fully saturated rings. The summed E-state index contributed by atoms with van der Waals surface area (Å²) >= 11 is 1.79. The highest BCUT2D eigenvalue weighted by Crippen LogP contribution is 2.46. The molecule has 0 aliphatic heterocycles. The Balaban J connectivity index is 1.13. The van der Waals surface area contributed by atoms with Crippen molar-refractivity contribution < 1.29 is 0 Å². The number of benzene rings is 8. The summed E-state index contributed by atoms with van der Waals surface area (Å²) in [7, 11) is 0. The van der Waals surface area contributed by atoms with Gasteiger partial charge in [0.05, 0.1) is 26.9 Å². The second kappa shape index (κ2) is 13.3. The summed E-state index contributed by atoms with van der Waals surface area (Å²) < 4.78 is 4.67. The average molecular weight is 732 g/mol. The van der Waals surface area contributed by atoms with Crippen LogP contribution in [0.3, 0.4) is 0 Å². The van der Waals surface area contributed by atoms with E-state index in [0.717, 1.165) is 55.1 Å². The number of thiophene rings is 1. The minimum absolute atomic E-state index is 0.720. The number of nitrogens with zero attached hydrogens (tertiary/aromatic N) is 3. The van der Waals surface area contributed by atoms with E-state index in [2.05, 4.69) is 199 Å². The molecule has 0 amide bonds. The molecule has 3 heterocycles. The molecule has 3 nitrogen and oxygen atoms in total. The topological polar surface area (TPSA) is 30.7 Å². The van der Waals surface area contributed by atoms with Gasteiger partial charge in [0.1, 0.15) is 0 Å². The lowest BCUT2D eigenvalue weighted by molar-refractivity contribution is 1.18. The van der Waals surface area contributed by atoms with E-state index in [-0.39, 0.29) is 0 Å². The molecule has 0 spiro atoms. The van der Waals surface area contributed by atoms with Crippen molar-refractivity contribution in [2.75, 3.05) is 0 Å². The first-order chi connectivity index (χ1) is 27.8. The third kappa shape index (κ3) is 5.42. The smallest absolute Gasteiger partial charge is 0.160 e. The maximum absolute atomic E-state index is 5.38. The zero-order valence-corrected chi connectivity index (χ0v) is 31.1. The molecule has 0 atom stereocenters. The van der Waals surface area contributed by atoms with Crippen LogP contribution in [0.15, 0.2) is 200 Å². The van der Waals surface area contributed by atoms with E-state index in [1.807, 2.05) is 6.07 Å². The number of fused-ring (bicyclic) bond motifs is 6. The van der Waals surface area contributed by atoms with E-state index in [0.29, 0.717) is 0 Å². The third-order valence-electron chi connectivity index (χ3n) is 10.8. The number of hydrogen-bond donors (Lipinski definition) is 0. The summed E-state index contributed by atoms with van der Waals surface area (Å²) in [5.41, 5.74) is 14.5. The fourth-order valence-electron chi connectivity index (χ4n) is 8.16. The molecule has 0 saturated carbocycles. The number of rotatable bonds is 6. The lowest BCUT2D eigenvalue weighted by Crippen LogP contribution is -1.95. The second-order valence-corrected chi connectivity index (χ2v) is 15.2. The normalized spacial score (nSPS) is 11.6. The molecule has 0 bridgehead atoms. The van der Waals surface area contributed by atoms with Crippen LogP contribution in [0, 0.1) is 0 Å². The van der Waals surface area contributed by atoms with Crippen molar-refractivity contribution >= 4 is 53.4 Å². The maximum Gasteiger partial charge on any atom is 0.160 e. The Labute approximate surface area is 328 Å². The van der Waals surface area contributed by atoms with Crippen LogP contribution in [0.4, 0.5) is 0 Å². The predicted molar refractivity (Wildman–Crippen MR) is 236 cm³/mol. The molecular weight excluding hydrogens is 699 g/mol.